The first-order valence-electron chi connectivity index (χ1n) is 10.0. The van der Waals surface area contributed by atoms with Crippen LogP contribution in [-0.4, -0.2) is 59.6 Å². The first-order valence-corrected chi connectivity index (χ1v) is 10.0. The smallest absolute Gasteiger partial charge is 0.416 e. The molecule has 2 saturated heterocycles. The van der Waals surface area contributed by atoms with Gasteiger partial charge in [0.25, 0.3) is 0 Å². The third-order valence-electron chi connectivity index (χ3n) is 5.71. The Balaban J connectivity index is 1.83. The van der Waals surface area contributed by atoms with Crippen molar-refractivity contribution in [2.75, 3.05) is 26.2 Å². The number of halogens is 3. The molecule has 166 valence electrons. The Labute approximate surface area is 174 Å². The Kier molecular flexibility index (Phi) is 6.04. The van der Waals surface area contributed by atoms with E-state index < -0.39 is 29.3 Å². The number of primary amides is 1. The topological polar surface area (TPSA) is 75.9 Å². The van der Waals surface area contributed by atoms with E-state index in [0.717, 1.165) is 17.7 Å². The van der Waals surface area contributed by atoms with Gasteiger partial charge in [0.15, 0.2) is 0 Å². The van der Waals surface area contributed by atoms with Gasteiger partial charge in [-0.15, -0.1) is 0 Å². The molecule has 2 aliphatic rings. The summed E-state index contributed by atoms with van der Waals surface area (Å²) in [6.45, 7) is 6.90. The fraction of sp³-hybridized carbons (Fsp3) is 0.619. The summed E-state index contributed by atoms with van der Waals surface area (Å²) in [6.07, 6.45) is -4.15. The molecule has 2 heterocycles. The molecule has 2 N–H and O–H groups in total. The van der Waals surface area contributed by atoms with E-state index in [9.17, 15) is 22.8 Å². The van der Waals surface area contributed by atoms with Gasteiger partial charge >= 0.3 is 12.3 Å². The zero-order chi connectivity index (χ0) is 22.3. The minimum atomic E-state index is -4.40. The van der Waals surface area contributed by atoms with Crippen molar-refractivity contribution in [1.29, 1.82) is 0 Å². The molecule has 3 atom stereocenters. The number of carbonyl (C=O) groups is 2. The van der Waals surface area contributed by atoms with Crippen LogP contribution in [0, 0.1) is 5.92 Å². The van der Waals surface area contributed by atoms with Gasteiger partial charge in [0.1, 0.15) is 5.60 Å². The van der Waals surface area contributed by atoms with E-state index in [4.69, 9.17) is 10.5 Å². The van der Waals surface area contributed by atoms with Crippen LogP contribution in [0.25, 0.3) is 0 Å². The minimum absolute atomic E-state index is 0.0256. The zero-order valence-corrected chi connectivity index (χ0v) is 17.4. The van der Waals surface area contributed by atoms with Crippen molar-refractivity contribution in [1.82, 2.24) is 9.80 Å². The SMILES string of the molecule is CC(C)(C)OC(=O)N1CC[C@@H]2[C@H](C1)[C@@H](c1ccc(C(F)(F)F)cc1)CN2CC(N)=O. The van der Waals surface area contributed by atoms with Crippen molar-refractivity contribution in [3.63, 3.8) is 0 Å². The molecule has 0 unspecified atom stereocenters. The fourth-order valence-corrected chi connectivity index (χ4v) is 4.49. The minimum Gasteiger partial charge on any atom is -0.444 e. The maximum Gasteiger partial charge on any atom is 0.416 e. The predicted molar refractivity (Wildman–Crippen MR) is 105 cm³/mol. The van der Waals surface area contributed by atoms with Gasteiger partial charge in [-0.1, -0.05) is 12.1 Å². The summed E-state index contributed by atoms with van der Waals surface area (Å²) in [5.41, 5.74) is 4.84. The largest absolute Gasteiger partial charge is 0.444 e. The Morgan fingerprint density at radius 3 is 2.30 bits per heavy atom. The highest BCUT2D eigenvalue weighted by molar-refractivity contribution is 5.76. The maximum absolute atomic E-state index is 12.9. The zero-order valence-electron chi connectivity index (χ0n) is 17.4. The molecule has 9 heteroatoms. The van der Waals surface area contributed by atoms with Crippen molar-refractivity contribution in [2.24, 2.45) is 11.7 Å². The highest BCUT2D eigenvalue weighted by Gasteiger charge is 2.47. The summed E-state index contributed by atoms with van der Waals surface area (Å²) in [5.74, 6) is -0.583. The second-order valence-corrected chi connectivity index (χ2v) is 9.07. The van der Waals surface area contributed by atoms with E-state index >= 15 is 0 Å². The normalized spacial score (nSPS) is 25.1. The third-order valence-corrected chi connectivity index (χ3v) is 5.71. The fourth-order valence-electron chi connectivity index (χ4n) is 4.49. The van der Waals surface area contributed by atoms with Crippen LogP contribution in [0.2, 0.25) is 0 Å². The number of nitrogens with zero attached hydrogens (tertiary/aromatic N) is 2. The number of likely N-dealkylation sites (tertiary alicyclic amines) is 2. The summed E-state index contributed by atoms with van der Waals surface area (Å²) in [7, 11) is 0. The van der Waals surface area contributed by atoms with Crippen LogP contribution in [0.15, 0.2) is 24.3 Å². The van der Waals surface area contributed by atoms with Gasteiger partial charge in [0.05, 0.1) is 12.1 Å². The van der Waals surface area contributed by atoms with E-state index in [2.05, 4.69) is 0 Å². The standard InChI is InChI=1S/C21H28F3N3O3/c1-20(2,3)30-19(29)26-9-8-17-16(11-26)15(10-27(17)12-18(25)28)13-4-6-14(7-5-13)21(22,23)24/h4-7,15-17H,8-12H2,1-3H3,(H2,25,28)/t15-,16-,17-/m1/s1. The van der Waals surface area contributed by atoms with Crippen LogP contribution in [-0.2, 0) is 15.7 Å². The average Bonchev–Trinajstić information content (AvgIpc) is 2.97. The molecule has 0 aliphatic carbocycles. The van der Waals surface area contributed by atoms with E-state index in [1.54, 1.807) is 25.7 Å². The molecule has 0 spiro atoms. The van der Waals surface area contributed by atoms with Gasteiger partial charge in [-0.25, -0.2) is 4.79 Å². The van der Waals surface area contributed by atoms with Crippen molar-refractivity contribution in [2.45, 2.75) is 50.9 Å². The summed E-state index contributed by atoms with van der Waals surface area (Å²) in [4.78, 5) is 27.7. The number of hydrogen-bond donors (Lipinski definition) is 1. The van der Waals surface area contributed by atoms with Crippen LogP contribution in [0.4, 0.5) is 18.0 Å². The Morgan fingerprint density at radius 1 is 1.13 bits per heavy atom. The molecule has 1 aromatic carbocycles. The Bertz CT molecular complexity index is 789. The molecule has 2 amide bonds. The molecular weight excluding hydrogens is 399 g/mol. The van der Waals surface area contributed by atoms with Crippen molar-refractivity contribution >= 4 is 12.0 Å². The maximum atomic E-state index is 12.9. The van der Waals surface area contributed by atoms with E-state index in [-0.39, 0.29) is 24.4 Å². The van der Waals surface area contributed by atoms with Crippen molar-refractivity contribution in [3.8, 4) is 0 Å². The van der Waals surface area contributed by atoms with Crippen LogP contribution in [0.3, 0.4) is 0 Å². The number of benzene rings is 1. The molecule has 6 nitrogen and oxygen atoms in total. The highest BCUT2D eigenvalue weighted by atomic mass is 19.4. The van der Waals surface area contributed by atoms with Gasteiger partial charge < -0.3 is 15.4 Å². The quantitative estimate of drug-likeness (QED) is 0.804. The molecule has 1 aromatic rings. The summed E-state index contributed by atoms with van der Waals surface area (Å²) < 4.78 is 44.3. The molecule has 0 bridgehead atoms. The van der Waals surface area contributed by atoms with E-state index in [1.807, 2.05) is 4.90 Å². The Morgan fingerprint density at radius 2 is 1.77 bits per heavy atom. The number of rotatable bonds is 3. The number of amides is 2. The molecule has 30 heavy (non-hydrogen) atoms. The predicted octanol–water partition coefficient (Wildman–Crippen LogP) is 3.22. The number of ether oxygens (including phenoxy) is 1. The molecule has 3 rings (SSSR count). The number of hydrogen-bond acceptors (Lipinski definition) is 4. The van der Waals surface area contributed by atoms with Crippen LogP contribution in [0.5, 0.6) is 0 Å². The third kappa shape index (κ3) is 5.06. The van der Waals surface area contributed by atoms with Crippen LogP contribution < -0.4 is 5.73 Å². The number of alkyl halides is 3. The summed E-state index contributed by atoms with van der Waals surface area (Å²) in [5, 5.41) is 0. The van der Waals surface area contributed by atoms with Crippen molar-refractivity contribution < 1.29 is 27.5 Å². The van der Waals surface area contributed by atoms with Crippen LogP contribution in [0.1, 0.15) is 44.2 Å². The second kappa shape index (κ2) is 8.09. The second-order valence-electron chi connectivity index (χ2n) is 9.07. The first-order chi connectivity index (χ1) is 13.8. The van der Waals surface area contributed by atoms with Crippen molar-refractivity contribution in [3.05, 3.63) is 35.4 Å². The number of carbonyl (C=O) groups excluding carboxylic acids is 2. The average molecular weight is 427 g/mol. The van der Waals surface area contributed by atoms with Gasteiger partial charge in [0, 0.05) is 37.5 Å². The monoisotopic (exact) mass is 427 g/mol. The van der Waals surface area contributed by atoms with Gasteiger partial charge in [-0.3, -0.25) is 9.69 Å². The van der Waals surface area contributed by atoms with Crippen LogP contribution >= 0.6 is 0 Å². The number of fused-ring (bicyclic) bond motifs is 1. The highest BCUT2D eigenvalue weighted by Crippen LogP contribution is 2.42. The molecule has 2 aliphatic heterocycles. The molecule has 0 radical (unpaired) electrons. The molecule has 2 fully saturated rings. The van der Waals surface area contributed by atoms with Gasteiger partial charge in [-0.05, 0) is 44.9 Å². The lowest BCUT2D eigenvalue weighted by Gasteiger charge is -2.39. The Hall–Kier alpha value is -2.29. The van der Waals surface area contributed by atoms with Gasteiger partial charge in [0.2, 0.25) is 5.91 Å². The number of nitrogens with two attached hydrogens (primary N) is 1. The first kappa shape index (κ1) is 22.4. The summed E-state index contributed by atoms with van der Waals surface area (Å²) in [6, 6.07) is 5.17. The summed E-state index contributed by atoms with van der Waals surface area (Å²) >= 11 is 0. The molecular formula is C21H28F3N3O3. The molecule has 0 aromatic heterocycles. The lowest BCUT2D eigenvalue weighted by atomic mass is 9.81. The molecule has 0 saturated carbocycles. The van der Waals surface area contributed by atoms with E-state index in [0.29, 0.717) is 26.1 Å². The lowest BCUT2D eigenvalue weighted by Crippen LogP contribution is -2.50. The lowest BCUT2D eigenvalue weighted by molar-refractivity contribution is -0.137. The van der Waals surface area contributed by atoms with E-state index in [1.165, 1.54) is 12.1 Å². The van der Waals surface area contributed by atoms with Gasteiger partial charge in [-0.2, -0.15) is 13.2 Å². The number of piperidine rings is 1.